The third kappa shape index (κ3) is 4.70. The van der Waals surface area contributed by atoms with E-state index < -0.39 is 30.3 Å². The molecule has 0 radical (unpaired) electrons. The van der Waals surface area contributed by atoms with Crippen molar-refractivity contribution >= 4 is 11.9 Å². The van der Waals surface area contributed by atoms with Gasteiger partial charge in [-0.2, -0.15) is 13.2 Å². The first-order chi connectivity index (χ1) is 8.74. The zero-order chi connectivity index (χ0) is 14.6. The molecule has 110 valence electrons. The molecule has 0 bridgehead atoms. The zero-order valence-electron chi connectivity index (χ0n) is 10.5. The van der Waals surface area contributed by atoms with Gasteiger partial charge in [-0.3, -0.25) is 4.79 Å². The molecule has 3 atom stereocenters. The molecular formula is C11H15F3O5. The number of ether oxygens (including phenoxy) is 3. The summed E-state index contributed by atoms with van der Waals surface area (Å²) in [5, 5.41) is 0. The number of carbonyl (C=O) groups is 2. The van der Waals surface area contributed by atoms with Crippen LogP contribution >= 0.6 is 0 Å². The maximum atomic E-state index is 12.1. The summed E-state index contributed by atoms with van der Waals surface area (Å²) >= 11 is 0. The molecule has 0 aliphatic carbocycles. The molecule has 0 N–H and O–H groups in total. The van der Waals surface area contributed by atoms with E-state index in [2.05, 4.69) is 9.47 Å². The summed E-state index contributed by atoms with van der Waals surface area (Å²) in [7, 11) is 1.20. The van der Waals surface area contributed by atoms with Crippen LogP contribution in [0.5, 0.6) is 0 Å². The molecule has 1 aliphatic rings. The Morgan fingerprint density at radius 2 is 2.00 bits per heavy atom. The van der Waals surface area contributed by atoms with Crippen molar-refractivity contribution in [2.45, 2.75) is 38.1 Å². The van der Waals surface area contributed by atoms with Crippen LogP contribution in [0.1, 0.15) is 19.8 Å². The summed E-state index contributed by atoms with van der Waals surface area (Å²) in [6.45, 7) is 1.74. The molecule has 8 heteroatoms. The maximum absolute atomic E-state index is 12.1. The van der Waals surface area contributed by atoms with E-state index in [1.807, 2.05) is 0 Å². The topological polar surface area (TPSA) is 61.8 Å². The van der Waals surface area contributed by atoms with Crippen molar-refractivity contribution < 1.29 is 37.0 Å². The highest BCUT2D eigenvalue weighted by atomic mass is 19.4. The Morgan fingerprint density at radius 3 is 2.53 bits per heavy atom. The van der Waals surface area contributed by atoms with Gasteiger partial charge in [0.1, 0.15) is 6.10 Å². The number of halogens is 3. The average molecular weight is 284 g/mol. The average Bonchev–Trinajstić information content (AvgIpc) is 2.32. The molecule has 1 aliphatic heterocycles. The highest BCUT2D eigenvalue weighted by Crippen LogP contribution is 2.27. The highest BCUT2D eigenvalue weighted by Gasteiger charge is 2.44. The normalized spacial score (nSPS) is 27.7. The standard InChI is InChI=1S/C11H15F3O5/c1-6-5-18-7(4-9(15)17-2)3-8(6)19-10(16)11(12,13)14/h6-8H,3-5H2,1-2H3/t6-,7-,8-/m0/s1. The summed E-state index contributed by atoms with van der Waals surface area (Å²) in [5.41, 5.74) is 0. The number of methoxy groups -OCH3 is 1. The maximum Gasteiger partial charge on any atom is 0.490 e. The number of hydrogen-bond acceptors (Lipinski definition) is 5. The molecule has 0 unspecified atom stereocenters. The molecule has 0 aromatic heterocycles. The lowest BCUT2D eigenvalue weighted by Crippen LogP contribution is -2.42. The first-order valence-electron chi connectivity index (χ1n) is 5.70. The second-order valence-corrected chi connectivity index (χ2v) is 4.39. The monoisotopic (exact) mass is 284 g/mol. The summed E-state index contributed by atoms with van der Waals surface area (Å²) in [4.78, 5) is 21.8. The van der Waals surface area contributed by atoms with Crippen molar-refractivity contribution in [3.8, 4) is 0 Å². The number of alkyl halides is 3. The van der Waals surface area contributed by atoms with Crippen LogP contribution in [0.4, 0.5) is 13.2 Å². The van der Waals surface area contributed by atoms with Crippen molar-refractivity contribution in [1.29, 1.82) is 0 Å². The Balaban J connectivity index is 2.56. The molecule has 0 aromatic carbocycles. The molecule has 5 nitrogen and oxygen atoms in total. The van der Waals surface area contributed by atoms with Crippen LogP contribution in [-0.4, -0.2) is 44.0 Å². The SMILES string of the molecule is COC(=O)C[C@@H]1C[C@H](OC(=O)C(F)(F)F)[C@@H](C)CO1. The third-order valence-corrected chi connectivity index (χ3v) is 2.84. The van der Waals surface area contributed by atoms with E-state index >= 15 is 0 Å². The van der Waals surface area contributed by atoms with Crippen LogP contribution in [0.25, 0.3) is 0 Å². The lowest BCUT2D eigenvalue weighted by Gasteiger charge is -2.33. The predicted octanol–water partition coefficient (Wildman–Crippen LogP) is 1.45. The van der Waals surface area contributed by atoms with Crippen molar-refractivity contribution in [1.82, 2.24) is 0 Å². The molecule has 0 spiro atoms. The predicted molar refractivity (Wildman–Crippen MR) is 56.1 cm³/mol. The minimum absolute atomic E-state index is 0.0398. The van der Waals surface area contributed by atoms with E-state index in [0.29, 0.717) is 0 Å². The molecule has 1 fully saturated rings. The minimum atomic E-state index is -5.02. The van der Waals surface area contributed by atoms with Gasteiger partial charge >= 0.3 is 18.1 Å². The Morgan fingerprint density at radius 1 is 1.37 bits per heavy atom. The Bertz CT molecular complexity index is 342. The molecular weight excluding hydrogens is 269 g/mol. The summed E-state index contributed by atoms with van der Waals surface area (Å²) in [6.07, 6.45) is -6.58. The quantitative estimate of drug-likeness (QED) is 0.734. The Labute approximate surface area is 108 Å². The van der Waals surface area contributed by atoms with Crippen LogP contribution in [-0.2, 0) is 23.8 Å². The zero-order valence-corrected chi connectivity index (χ0v) is 10.5. The molecule has 0 aromatic rings. The fraction of sp³-hybridized carbons (Fsp3) is 0.818. The van der Waals surface area contributed by atoms with Crippen LogP contribution in [0.2, 0.25) is 0 Å². The molecule has 0 amide bonds. The van der Waals surface area contributed by atoms with Crippen molar-refractivity contribution in [2.24, 2.45) is 5.92 Å². The first-order valence-corrected chi connectivity index (χ1v) is 5.70. The molecule has 19 heavy (non-hydrogen) atoms. The van der Waals surface area contributed by atoms with Crippen LogP contribution in [0, 0.1) is 5.92 Å². The lowest BCUT2D eigenvalue weighted by atomic mass is 9.95. The van der Waals surface area contributed by atoms with Crippen LogP contribution < -0.4 is 0 Å². The molecule has 1 heterocycles. The van der Waals surface area contributed by atoms with Gasteiger partial charge in [0.2, 0.25) is 0 Å². The second kappa shape index (κ2) is 6.23. The van der Waals surface area contributed by atoms with Crippen molar-refractivity contribution in [3.05, 3.63) is 0 Å². The van der Waals surface area contributed by atoms with Gasteiger partial charge < -0.3 is 14.2 Å². The van der Waals surface area contributed by atoms with Gasteiger partial charge in [-0.25, -0.2) is 4.79 Å². The molecule has 0 saturated carbocycles. The van der Waals surface area contributed by atoms with Gasteiger partial charge in [-0.1, -0.05) is 6.92 Å². The third-order valence-electron chi connectivity index (χ3n) is 2.84. The summed E-state index contributed by atoms with van der Waals surface area (Å²) in [6, 6.07) is 0. The summed E-state index contributed by atoms with van der Waals surface area (Å²) < 4.78 is 50.5. The number of carbonyl (C=O) groups excluding carboxylic acids is 2. The van der Waals surface area contributed by atoms with Gasteiger partial charge in [0, 0.05) is 12.3 Å². The van der Waals surface area contributed by atoms with Crippen LogP contribution in [0.3, 0.4) is 0 Å². The number of esters is 2. The van der Waals surface area contributed by atoms with E-state index in [1.54, 1.807) is 6.92 Å². The van der Waals surface area contributed by atoms with Crippen LogP contribution in [0.15, 0.2) is 0 Å². The van der Waals surface area contributed by atoms with Gasteiger partial charge in [0.15, 0.2) is 0 Å². The van der Waals surface area contributed by atoms with E-state index in [4.69, 9.17) is 4.74 Å². The largest absolute Gasteiger partial charge is 0.490 e. The van der Waals surface area contributed by atoms with Gasteiger partial charge in [0.05, 0.1) is 26.2 Å². The number of rotatable bonds is 3. The fourth-order valence-corrected chi connectivity index (χ4v) is 1.73. The smallest absolute Gasteiger partial charge is 0.469 e. The van der Waals surface area contributed by atoms with Gasteiger partial charge in [-0.05, 0) is 0 Å². The minimum Gasteiger partial charge on any atom is -0.469 e. The summed E-state index contributed by atoms with van der Waals surface area (Å²) in [5.74, 6) is -3.11. The van der Waals surface area contributed by atoms with E-state index in [1.165, 1.54) is 7.11 Å². The van der Waals surface area contributed by atoms with E-state index in [0.717, 1.165) is 0 Å². The lowest BCUT2D eigenvalue weighted by molar-refractivity contribution is -0.213. The van der Waals surface area contributed by atoms with Gasteiger partial charge in [-0.15, -0.1) is 0 Å². The van der Waals surface area contributed by atoms with E-state index in [-0.39, 0.29) is 25.4 Å². The highest BCUT2D eigenvalue weighted by molar-refractivity contribution is 5.75. The Hall–Kier alpha value is -1.31. The first kappa shape index (κ1) is 15.7. The van der Waals surface area contributed by atoms with Crippen molar-refractivity contribution in [2.75, 3.05) is 13.7 Å². The molecule has 1 saturated heterocycles. The van der Waals surface area contributed by atoms with E-state index in [9.17, 15) is 22.8 Å². The Kier molecular flexibility index (Phi) is 5.16. The molecule has 1 rings (SSSR count). The fourth-order valence-electron chi connectivity index (χ4n) is 1.73. The van der Waals surface area contributed by atoms with Crippen molar-refractivity contribution in [3.63, 3.8) is 0 Å². The number of hydrogen-bond donors (Lipinski definition) is 0. The van der Waals surface area contributed by atoms with Gasteiger partial charge in [0.25, 0.3) is 0 Å². The second-order valence-electron chi connectivity index (χ2n) is 4.39.